The normalized spacial score (nSPS) is 20.5. The molecule has 1 aromatic rings. The van der Waals surface area contributed by atoms with Gasteiger partial charge >= 0.3 is 0 Å². The van der Waals surface area contributed by atoms with Crippen LogP contribution in [-0.2, 0) is 9.59 Å². The molecule has 1 aromatic carbocycles. The first-order chi connectivity index (χ1) is 10.5. The minimum Gasteiger partial charge on any atom is -0.342 e. The van der Waals surface area contributed by atoms with Crippen LogP contribution in [0.3, 0.4) is 0 Å². The summed E-state index contributed by atoms with van der Waals surface area (Å²) < 4.78 is 0. The van der Waals surface area contributed by atoms with Gasteiger partial charge in [-0.25, -0.2) is 0 Å². The predicted molar refractivity (Wildman–Crippen MR) is 86.5 cm³/mol. The molecule has 0 N–H and O–H groups in total. The van der Waals surface area contributed by atoms with Gasteiger partial charge < -0.3 is 9.80 Å². The maximum absolute atomic E-state index is 12.9. The molecule has 2 aliphatic rings. The third-order valence-corrected chi connectivity index (χ3v) is 5.09. The van der Waals surface area contributed by atoms with Crippen molar-refractivity contribution in [3.8, 4) is 0 Å². The first kappa shape index (κ1) is 15.1. The van der Waals surface area contributed by atoms with Gasteiger partial charge in [-0.05, 0) is 43.7 Å². The molecule has 0 aromatic heterocycles. The van der Waals surface area contributed by atoms with Crippen molar-refractivity contribution >= 4 is 17.5 Å². The van der Waals surface area contributed by atoms with E-state index in [0.29, 0.717) is 18.8 Å². The van der Waals surface area contributed by atoms with Gasteiger partial charge in [0.25, 0.3) is 0 Å². The van der Waals surface area contributed by atoms with E-state index in [1.54, 1.807) is 11.9 Å². The van der Waals surface area contributed by atoms with E-state index in [9.17, 15) is 9.59 Å². The Morgan fingerprint density at radius 2 is 1.73 bits per heavy atom. The van der Waals surface area contributed by atoms with Crippen molar-refractivity contribution in [2.75, 3.05) is 25.0 Å². The van der Waals surface area contributed by atoms with Gasteiger partial charge in [0.15, 0.2) is 0 Å². The molecule has 22 heavy (non-hydrogen) atoms. The molecule has 118 valence electrons. The number of carbonyl (C=O) groups excluding carboxylic acids is 2. The summed E-state index contributed by atoms with van der Waals surface area (Å²) in [6.07, 6.45) is 3.47. The zero-order valence-corrected chi connectivity index (χ0v) is 13.4. The fourth-order valence-electron chi connectivity index (χ4n) is 3.25. The number of hydrogen-bond donors (Lipinski definition) is 0. The lowest BCUT2D eigenvalue weighted by molar-refractivity contribution is -0.144. The molecule has 0 bridgehead atoms. The molecular formula is C18H24N2O2. The van der Waals surface area contributed by atoms with Crippen LogP contribution in [-0.4, -0.2) is 36.9 Å². The van der Waals surface area contributed by atoms with Gasteiger partial charge in [-0.2, -0.15) is 0 Å². The number of para-hydroxylation sites is 1. The zero-order chi connectivity index (χ0) is 15.7. The van der Waals surface area contributed by atoms with Crippen LogP contribution in [0.25, 0.3) is 0 Å². The van der Waals surface area contributed by atoms with Crippen molar-refractivity contribution in [1.82, 2.24) is 4.90 Å². The second-order valence-electron chi connectivity index (χ2n) is 6.76. The molecule has 2 fully saturated rings. The van der Waals surface area contributed by atoms with Crippen LogP contribution in [0.2, 0.25) is 0 Å². The Bertz CT molecular complexity index is 558. The lowest BCUT2D eigenvalue weighted by Gasteiger charge is -2.34. The van der Waals surface area contributed by atoms with Gasteiger partial charge in [-0.1, -0.05) is 25.1 Å². The smallest absolute Gasteiger partial charge is 0.242 e. The number of hydrogen-bond acceptors (Lipinski definition) is 2. The number of anilines is 1. The number of rotatable bonds is 3. The van der Waals surface area contributed by atoms with E-state index in [4.69, 9.17) is 0 Å². The van der Waals surface area contributed by atoms with Gasteiger partial charge in [0.2, 0.25) is 11.8 Å². The maximum Gasteiger partial charge on any atom is 0.242 e. The molecule has 1 saturated heterocycles. The second-order valence-corrected chi connectivity index (χ2v) is 6.76. The summed E-state index contributed by atoms with van der Waals surface area (Å²) in [5.74, 6) is 0.677. The first-order valence-corrected chi connectivity index (χ1v) is 8.17. The molecule has 0 unspecified atom stereocenters. The number of likely N-dealkylation sites (tertiary alicyclic amines) is 1. The Morgan fingerprint density at radius 3 is 2.27 bits per heavy atom. The monoisotopic (exact) mass is 300 g/mol. The number of amides is 2. The lowest BCUT2D eigenvalue weighted by Crippen LogP contribution is -2.48. The summed E-state index contributed by atoms with van der Waals surface area (Å²) >= 11 is 0. The van der Waals surface area contributed by atoms with Crippen LogP contribution in [0.15, 0.2) is 30.3 Å². The van der Waals surface area contributed by atoms with Crippen molar-refractivity contribution in [3.63, 3.8) is 0 Å². The average Bonchev–Trinajstić information content (AvgIpc) is 3.36. The Labute approximate surface area is 132 Å². The van der Waals surface area contributed by atoms with E-state index in [0.717, 1.165) is 31.6 Å². The van der Waals surface area contributed by atoms with Crippen LogP contribution >= 0.6 is 0 Å². The van der Waals surface area contributed by atoms with E-state index >= 15 is 0 Å². The van der Waals surface area contributed by atoms with Crippen LogP contribution in [0.1, 0.15) is 32.6 Å². The van der Waals surface area contributed by atoms with E-state index in [-0.39, 0.29) is 11.8 Å². The van der Waals surface area contributed by atoms with Crippen LogP contribution in [0.5, 0.6) is 0 Å². The largest absolute Gasteiger partial charge is 0.342 e. The van der Waals surface area contributed by atoms with Crippen LogP contribution in [0, 0.1) is 11.3 Å². The molecule has 0 radical (unpaired) electrons. The van der Waals surface area contributed by atoms with Gasteiger partial charge in [-0.15, -0.1) is 0 Å². The summed E-state index contributed by atoms with van der Waals surface area (Å²) in [7, 11) is 1.77. The fraction of sp³-hybridized carbons (Fsp3) is 0.556. The SMILES string of the molecule is CC1CCN(C(=O)C2(C(=O)N(C)c3ccccc3)CC2)CC1. The second kappa shape index (κ2) is 5.75. The molecule has 1 aliphatic heterocycles. The molecule has 4 nitrogen and oxygen atoms in total. The topological polar surface area (TPSA) is 40.6 Å². The molecule has 0 spiro atoms. The molecular weight excluding hydrogens is 276 g/mol. The van der Waals surface area contributed by atoms with E-state index in [2.05, 4.69) is 6.92 Å². The van der Waals surface area contributed by atoms with Crippen molar-refractivity contribution in [2.24, 2.45) is 11.3 Å². The number of piperidine rings is 1. The Morgan fingerprint density at radius 1 is 1.14 bits per heavy atom. The number of benzene rings is 1. The molecule has 0 atom stereocenters. The third-order valence-electron chi connectivity index (χ3n) is 5.09. The Balaban J connectivity index is 1.73. The molecule has 1 aliphatic carbocycles. The van der Waals surface area contributed by atoms with Gasteiger partial charge in [-0.3, -0.25) is 9.59 Å². The Hall–Kier alpha value is -1.84. The first-order valence-electron chi connectivity index (χ1n) is 8.17. The van der Waals surface area contributed by atoms with Crippen molar-refractivity contribution < 1.29 is 9.59 Å². The molecule has 3 rings (SSSR count). The average molecular weight is 300 g/mol. The lowest BCUT2D eigenvalue weighted by atomic mass is 9.96. The number of carbonyl (C=O) groups is 2. The Kier molecular flexibility index (Phi) is 3.94. The highest BCUT2D eigenvalue weighted by molar-refractivity contribution is 6.13. The van der Waals surface area contributed by atoms with Gasteiger partial charge in [0.05, 0.1) is 0 Å². The summed E-state index contributed by atoms with van der Waals surface area (Å²) in [5, 5.41) is 0. The summed E-state index contributed by atoms with van der Waals surface area (Å²) in [4.78, 5) is 29.2. The van der Waals surface area contributed by atoms with Gasteiger partial charge in [0, 0.05) is 25.8 Å². The van der Waals surface area contributed by atoms with Crippen LogP contribution in [0.4, 0.5) is 5.69 Å². The van der Waals surface area contributed by atoms with E-state index < -0.39 is 5.41 Å². The van der Waals surface area contributed by atoms with Crippen molar-refractivity contribution in [1.29, 1.82) is 0 Å². The van der Waals surface area contributed by atoms with E-state index in [1.165, 1.54) is 0 Å². The minimum atomic E-state index is -0.787. The minimum absolute atomic E-state index is 0.0483. The third kappa shape index (κ3) is 2.62. The van der Waals surface area contributed by atoms with Crippen LogP contribution < -0.4 is 4.90 Å². The molecule has 1 heterocycles. The van der Waals surface area contributed by atoms with E-state index in [1.807, 2.05) is 35.2 Å². The summed E-state index contributed by atoms with van der Waals surface area (Å²) in [6, 6.07) is 9.55. The van der Waals surface area contributed by atoms with Gasteiger partial charge in [0.1, 0.15) is 5.41 Å². The highest BCUT2D eigenvalue weighted by Gasteiger charge is 2.59. The summed E-state index contributed by atoms with van der Waals surface area (Å²) in [5.41, 5.74) is 0.0596. The molecule has 1 saturated carbocycles. The summed E-state index contributed by atoms with van der Waals surface area (Å²) in [6.45, 7) is 3.82. The fourth-order valence-corrected chi connectivity index (χ4v) is 3.25. The standard InChI is InChI=1S/C18H24N2O2/c1-14-8-12-20(13-9-14)17(22)18(10-11-18)16(21)19(2)15-6-4-3-5-7-15/h3-7,14H,8-13H2,1-2H3. The predicted octanol–water partition coefficient (Wildman–Crippen LogP) is 2.69. The number of nitrogens with zero attached hydrogens (tertiary/aromatic N) is 2. The quantitative estimate of drug-likeness (QED) is 0.805. The highest BCUT2D eigenvalue weighted by atomic mass is 16.2. The zero-order valence-electron chi connectivity index (χ0n) is 13.4. The molecule has 4 heteroatoms. The molecule has 2 amide bonds. The maximum atomic E-state index is 12.9. The van der Waals surface area contributed by atoms with Crippen molar-refractivity contribution in [2.45, 2.75) is 32.6 Å². The van der Waals surface area contributed by atoms with Crippen molar-refractivity contribution in [3.05, 3.63) is 30.3 Å². The highest BCUT2D eigenvalue weighted by Crippen LogP contribution is 2.49.